The minimum absolute atomic E-state index is 0.0382. The highest BCUT2D eigenvalue weighted by Crippen LogP contribution is 2.30. The van der Waals surface area contributed by atoms with Crippen LogP contribution in [0.3, 0.4) is 0 Å². The average Bonchev–Trinajstić information content (AvgIpc) is 2.27. The normalized spacial score (nSPS) is 16.6. The molecule has 1 rings (SSSR count). The van der Waals surface area contributed by atoms with E-state index in [1.807, 2.05) is 6.92 Å². The largest absolute Gasteiger partial charge is 0.247 e. The molecule has 0 aliphatic carbocycles. The molecule has 1 heterocycles. The minimum Gasteiger partial charge on any atom is -0.247 e. The van der Waals surface area contributed by atoms with Gasteiger partial charge in [0.05, 0.1) is 15.4 Å². The Bertz CT molecular complexity index is 438. The van der Waals surface area contributed by atoms with Gasteiger partial charge in [0, 0.05) is 16.5 Å². The third kappa shape index (κ3) is 2.33. The molecular weight excluding hydrogens is 216 g/mol. The zero-order valence-electron chi connectivity index (χ0n) is 9.17. The minimum atomic E-state index is -2.66. The second-order valence-electron chi connectivity index (χ2n) is 4.48. The Balaban J connectivity index is 3.33. The molecule has 0 amide bonds. The lowest BCUT2D eigenvalue weighted by atomic mass is 9.92. The number of nitrogens with one attached hydrogen (secondary N) is 1. The quantitative estimate of drug-likeness (QED) is 0.809. The Hall–Kier alpha value is -0.420. The van der Waals surface area contributed by atoms with Gasteiger partial charge in [-0.1, -0.05) is 20.8 Å². The number of aromatic nitrogens is 1. The molecule has 1 N–H and O–H groups in total. The summed E-state index contributed by atoms with van der Waals surface area (Å²) in [6.07, 6.45) is 1.41. The van der Waals surface area contributed by atoms with E-state index in [0.29, 0.717) is 4.34 Å². The van der Waals surface area contributed by atoms with Crippen molar-refractivity contribution in [1.29, 1.82) is 4.78 Å². The number of rotatable bonds is 1. The van der Waals surface area contributed by atoms with Gasteiger partial charge >= 0.3 is 0 Å². The summed E-state index contributed by atoms with van der Waals surface area (Å²) in [4.78, 5) is 5.37. The molecule has 0 aliphatic heterocycles. The number of hydrogen-bond donors (Lipinski definition) is 1. The van der Waals surface area contributed by atoms with Crippen LogP contribution in [0.4, 0.5) is 0 Å². The summed E-state index contributed by atoms with van der Waals surface area (Å²) in [6, 6.07) is 0. The Morgan fingerprint density at radius 3 is 2.14 bits per heavy atom. The van der Waals surface area contributed by atoms with Crippen LogP contribution >= 0.6 is 11.3 Å². The predicted octanol–water partition coefficient (Wildman–Crippen LogP) is 2.78. The van der Waals surface area contributed by atoms with Crippen LogP contribution in [-0.4, -0.2) is 15.4 Å². The zero-order valence-corrected chi connectivity index (χ0v) is 10.8. The van der Waals surface area contributed by atoms with Gasteiger partial charge in [0.1, 0.15) is 0 Å². The van der Waals surface area contributed by atoms with Crippen LogP contribution in [0, 0.1) is 11.7 Å². The highest BCUT2D eigenvalue weighted by atomic mass is 32.2. The van der Waals surface area contributed by atoms with Crippen molar-refractivity contribution in [3.63, 3.8) is 0 Å². The average molecular weight is 232 g/mol. The highest BCUT2D eigenvalue weighted by molar-refractivity contribution is 7.93. The van der Waals surface area contributed by atoms with Crippen LogP contribution in [0.1, 0.15) is 31.3 Å². The van der Waals surface area contributed by atoms with Crippen LogP contribution in [0.25, 0.3) is 0 Å². The third-order valence-electron chi connectivity index (χ3n) is 1.82. The molecule has 1 atom stereocenters. The molecule has 0 saturated carbocycles. The Labute approximate surface area is 89.5 Å². The summed E-state index contributed by atoms with van der Waals surface area (Å²) in [5, 5.41) is 0. The Kier molecular flexibility index (Phi) is 2.75. The van der Waals surface area contributed by atoms with Gasteiger partial charge in [0.15, 0.2) is 4.34 Å². The van der Waals surface area contributed by atoms with Crippen LogP contribution in [0.5, 0.6) is 0 Å². The highest BCUT2D eigenvalue weighted by Gasteiger charge is 2.22. The van der Waals surface area contributed by atoms with E-state index >= 15 is 0 Å². The molecular formula is C9H16N2OS2. The van der Waals surface area contributed by atoms with E-state index < -0.39 is 9.73 Å². The molecule has 0 spiro atoms. The van der Waals surface area contributed by atoms with E-state index in [-0.39, 0.29) is 5.41 Å². The molecule has 0 aromatic carbocycles. The predicted molar refractivity (Wildman–Crippen MR) is 60.6 cm³/mol. The second-order valence-corrected chi connectivity index (χ2v) is 8.01. The number of hydrogen-bond acceptors (Lipinski definition) is 4. The fourth-order valence-electron chi connectivity index (χ4n) is 1.23. The molecule has 0 aliphatic rings. The third-order valence-corrected chi connectivity index (χ3v) is 4.55. The fourth-order valence-corrected chi connectivity index (χ4v) is 3.36. The lowest BCUT2D eigenvalue weighted by Gasteiger charge is -2.15. The molecule has 14 heavy (non-hydrogen) atoms. The van der Waals surface area contributed by atoms with E-state index in [0.717, 1.165) is 10.6 Å². The molecule has 80 valence electrons. The van der Waals surface area contributed by atoms with E-state index in [1.54, 1.807) is 0 Å². The summed E-state index contributed by atoms with van der Waals surface area (Å²) >= 11 is 1.37. The van der Waals surface area contributed by atoms with Crippen molar-refractivity contribution in [2.24, 2.45) is 0 Å². The smallest absolute Gasteiger partial charge is 0.189 e. The summed E-state index contributed by atoms with van der Waals surface area (Å²) in [5.74, 6) is 0. The zero-order chi connectivity index (χ0) is 11.1. The van der Waals surface area contributed by atoms with Gasteiger partial charge in [0.2, 0.25) is 0 Å². The molecule has 1 aromatic rings. The summed E-state index contributed by atoms with van der Waals surface area (Å²) < 4.78 is 19.4. The lowest BCUT2D eigenvalue weighted by molar-refractivity contribution is 0.565. The summed E-state index contributed by atoms with van der Waals surface area (Å²) in [7, 11) is -2.66. The van der Waals surface area contributed by atoms with E-state index in [4.69, 9.17) is 4.78 Å². The summed E-state index contributed by atoms with van der Waals surface area (Å²) in [6.45, 7) is 8.17. The first-order valence-electron chi connectivity index (χ1n) is 4.34. The van der Waals surface area contributed by atoms with Gasteiger partial charge in [-0.15, -0.1) is 11.3 Å². The van der Waals surface area contributed by atoms with Gasteiger partial charge in [-0.05, 0) is 6.92 Å². The van der Waals surface area contributed by atoms with Crippen molar-refractivity contribution in [1.82, 2.24) is 4.98 Å². The van der Waals surface area contributed by atoms with Gasteiger partial charge in [-0.3, -0.25) is 0 Å². The Morgan fingerprint density at radius 1 is 1.43 bits per heavy atom. The number of aryl methyl sites for hydroxylation is 1. The maximum atomic E-state index is 11.5. The van der Waals surface area contributed by atoms with Crippen LogP contribution < -0.4 is 0 Å². The van der Waals surface area contributed by atoms with Crippen LogP contribution in [0.15, 0.2) is 4.34 Å². The van der Waals surface area contributed by atoms with Gasteiger partial charge in [-0.2, -0.15) is 0 Å². The van der Waals surface area contributed by atoms with Gasteiger partial charge < -0.3 is 0 Å². The van der Waals surface area contributed by atoms with E-state index in [9.17, 15) is 4.21 Å². The van der Waals surface area contributed by atoms with Gasteiger partial charge in [-0.25, -0.2) is 14.0 Å². The van der Waals surface area contributed by atoms with Crippen molar-refractivity contribution >= 4 is 21.1 Å². The maximum Gasteiger partial charge on any atom is 0.189 e. The SMILES string of the molecule is Cc1sc(S(C)(=N)=O)nc1C(C)(C)C. The molecule has 0 saturated heterocycles. The van der Waals surface area contributed by atoms with Crippen LogP contribution in [-0.2, 0) is 15.1 Å². The molecule has 0 bridgehead atoms. The molecule has 1 unspecified atom stereocenters. The van der Waals surface area contributed by atoms with E-state index in [2.05, 4.69) is 25.8 Å². The van der Waals surface area contributed by atoms with Crippen molar-refractivity contribution in [3.8, 4) is 0 Å². The standard InChI is InChI=1S/C9H16N2OS2/c1-6-7(9(2,3)4)11-8(13-6)14(5,10)12/h10H,1-5H3. The number of thiazole rings is 1. The lowest BCUT2D eigenvalue weighted by Crippen LogP contribution is -2.13. The van der Waals surface area contributed by atoms with Crippen molar-refractivity contribution < 1.29 is 4.21 Å². The van der Waals surface area contributed by atoms with Gasteiger partial charge in [0.25, 0.3) is 0 Å². The maximum absolute atomic E-state index is 11.5. The molecule has 5 heteroatoms. The summed E-state index contributed by atoms with van der Waals surface area (Å²) in [5.41, 5.74) is 0.920. The first kappa shape index (κ1) is 11.7. The first-order chi connectivity index (χ1) is 6.12. The molecule has 3 nitrogen and oxygen atoms in total. The molecule has 0 radical (unpaired) electrons. The van der Waals surface area contributed by atoms with Crippen molar-refractivity contribution in [3.05, 3.63) is 10.6 Å². The first-order valence-corrected chi connectivity index (χ1v) is 7.12. The van der Waals surface area contributed by atoms with Crippen LogP contribution in [0.2, 0.25) is 0 Å². The van der Waals surface area contributed by atoms with Crippen molar-refractivity contribution in [2.45, 2.75) is 37.4 Å². The number of nitrogens with zero attached hydrogens (tertiary/aromatic N) is 1. The monoisotopic (exact) mass is 232 g/mol. The second kappa shape index (κ2) is 3.31. The van der Waals surface area contributed by atoms with Crippen molar-refractivity contribution in [2.75, 3.05) is 6.26 Å². The molecule has 1 aromatic heterocycles. The molecule has 0 fully saturated rings. The van der Waals surface area contributed by atoms with E-state index in [1.165, 1.54) is 17.6 Å². The Morgan fingerprint density at radius 2 is 1.93 bits per heavy atom. The topological polar surface area (TPSA) is 53.8 Å². The fraction of sp³-hybridized carbons (Fsp3) is 0.667.